The van der Waals surface area contributed by atoms with E-state index >= 15 is 0 Å². The Balaban J connectivity index is 1.70. The fraction of sp³-hybridized carbons (Fsp3) is 0.333. The van der Waals surface area contributed by atoms with Crippen LogP contribution in [0.4, 0.5) is 5.13 Å². The maximum absolute atomic E-state index is 11.9. The Morgan fingerprint density at radius 3 is 2.82 bits per heavy atom. The highest BCUT2D eigenvalue weighted by Gasteiger charge is 2.53. The van der Waals surface area contributed by atoms with Crippen LogP contribution in [0, 0.1) is 29.9 Å². The van der Waals surface area contributed by atoms with Gasteiger partial charge < -0.3 is 5.32 Å². The Morgan fingerprint density at radius 1 is 1.41 bits per heavy atom. The number of rotatable bonds is 4. The first-order valence-corrected chi connectivity index (χ1v) is 7.81. The number of carbonyl (C=O) groups is 1. The van der Waals surface area contributed by atoms with Gasteiger partial charge in [-0.25, -0.2) is 4.98 Å². The maximum atomic E-state index is 11.9. The molecule has 0 saturated heterocycles. The van der Waals surface area contributed by atoms with E-state index < -0.39 is 16.9 Å². The van der Waals surface area contributed by atoms with Crippen LogP contribution in [0.3, 0.4) is 0 Å². The van der Waals surface area contributed by atoms with Gasteiger partial charge in [0.15, 0.2) is 5.13 Å². The number of nitrogens with one attached hydrogen (secondary N) is 1. The third-order valence-corrected chi connectivity index (χ3v) is 4.66. The van der Waals surface area contributed by atoms with Crippen LogP contribution in [0.1, 0.15) is 17.5 Å². The van der Waals surface area contributed by atoms with E-state index in [4.69, 9.17) is 0 Å². The van der Waals surface area contributed by atoms with Crippen LogP contribution in [0.25, 0.3) is 11.3 Å². The lowest BCUT2D eigenvalue weighted by Gasteiger charge is -2.02. The molecule has 1 fully saturated rings. The Bertz CT molecular complexity index is 756. The molecule has 1 saturated carbocycles. The average Bonchev–Trinajstić information content (AvgIpc) is 3.16. The first-order valence-electron chi connectivity index (χ1n) is 6.93. The van der Waals surface area contributed by atoms with Gasteiger partial charge in [0.1, 0.15) is 5.92 Å². The number of hydrogen-bond acceptors (Lipinski definition) is 5. The molecule has 7 heteroatoms. The summed E-state index contributed by atoms with van der Waals surface area (Å²) in [5.41, 5.74) is 4.19. The summed E-state index contributed by atoms with van der Waals surface area (Å²) in [5, 5.41) is 15.6. The lowest BCUT2D eigenvalue weighted by atomic mass is 10.1. The van der Waals surface area contributed by atoms with Crippen LogP contribution < -0.4 is 5.32 Å². The van der Waals surface area contributed by atoms with Crippen molar-refractivity contribution in [1.82, 2.24) is 4.98 Å². The fourth-order valence-electron chi connectivity index (χ4n) is 2.26. The van der Waals surface area contributed by atoms with Gasteiger partial charge in [-0.1, -0.05) is 12.1 Å². The van der Waals surface area contributed by atoms with Gasteiger partial charge in [-0.2, -0.15) is 0 Å². The second kappa shape index (κ2) is 5.49. The molecule has 0 bridgehead atoms. The van der Waals surface area contributed by atoms with Gasteiger partial charge in [0.25, 0.3) is 0 Å². The molecule has 0 spiro atoms. The van der Waals surface area contributed by atoms with Crippen molar-refractivity contribution in [2.24, 2.45) is 5.92 Å². The van der Waals surface area contributed by atoms with Crippen molar-refractivity contribution in [2.75, 3.05) is 5.32 Å². The van der Waals surface area contributed by atoms with E-state index in [1.54, 1.807) is 0 Å². The van der Waals surface area contributed by atoms with Crippen molar-refractivity contribution in [1.29, 1.82) is 0 Å². The molecule has 2 unspecified atom stereocenters. The molecule has 0 radical (unpaired) electrons. The zero-order valence-corrected chi connectivity index (χ0v) is 13.0. The number of benzene rings is 1. The molecule has 22 heavy (non-hydrogen) atoms. The van der Waals surface area contributed by atoms with E-state index in [0.717, 1.165) is 11.3 Å². The second-order valence-corrected chi connectivity index (χ2v) is 6.38. The van der Waals surface area contributed by atoms with E-state index in [9.17, 15) is 14.9 Å². The molecule has 1 aliphatic rings. The van der Waals surface area contributed by atoms with E-state index in [-0.39, 0.29) is 5.91 Å². The first-order chi connectivity index (χ1) is 10.5. The number of aryl methyl sites for hydroxylation is 2. The lowest BCUT2D eigenvalue weighted by molar-refractivity contribution is -0.497. The van der Waals surface area contributed by atoms with Crippen LogP contribution in [0.15, 0.2) is 23.6 Å². The number of thiazole rings is 1. The van der Waals surface area contributed by atoms with Gasteiger partial charge >= 0.3 is 0 Å². The van der Waals surface area contributed by atoms with Gasteiger partial charge in [0.2, 0.25) is 11.9 Å². The molecular formula is C15H15N3O3S. The minimum atomic E-state index is -0.737. The molecule has 2 atom stereocenters. The summed E-state index contributed by atoms with van der Waals surface area (Å²) in [7, 11) is 0. The van der Waals surface area contributed by atoms with Crippen LogP contribution in [-0.2, 0) is 4.79 Å². The summed E-state index contributed by atoms with van der Waals surface area (Å²) in [6.07, 6.45) is 0.314. The molecule has 6 nitrogen and oxygen atoms in total. The summed E-state index contributed by atoms with van der Waals surface area (Å²) in [6.45, 7) is 4.09. The number of hydrogen-bond donors (Lipinski definition) is 1. The molecular weight excluding hydrogens is 302 g/mol. The van der Waals surface area contributed by atoms with Crippen molar-refractivity contribution in [3.8, 4) is 11.3 Å². The molecule has 1 aromatic heterocycles. The lowest BCUT2D eigenvalue weighted by Crippen LogP contribution is -2.18. The minimum Gasteiger partial charge on any atom is -0.301 e. The van der Waals surface area contributed by atoms with Gasteiger partial charge in [-0.3, -0.25) is 14.9 Å². The van der Waals surface area contributed by atoms with Crippen molar-refractivity contribution >= 4 is 22.4 Å². The Hall–Kier alpha value is -2.28. The predicted molar refractivity (Wildman–Crippen MR) is 84.5 cm³/mol. The fourth-order valence-corrected chi connectivity index (χ4v) is 2.98. The van der Waals surface area contributed by atoms with Crippen LogP contribution in [-0.4, -0.2) is 21.9 Å². The summed E-state index contributed by atoms with van der Waals surface area (Å²) in [6, 6.07) is 5.35. The summed E-state index contributed by atoms with van der Waals surface area (Å²) in [5.74, 6) is -0.841. The molecule has 3 rings (SSSR count). The molecule has 2 aromatic rings. The number of carbonyl (C=O) groups excluding carboxylic acids is 1. The van der Waals surface area contributed by atoms with Crippen molar-refractivity contribution in [3.05, 3.63) is 44.8 Å². The summed E-state index contributed by atoms with van der Waals surface area (Å²) < 4.78 is 0. The highest BCUT2D eigenvalue weighted by atomic mass is 32.1. The van der Waals surface area contributed by atoms with Crippen molar-refractivity contribution < 1.29 is 9.72 Å². The zero-order valence-electron chi connectivity index (χ0n) is 12.2. The largest absolute Gasteiger partial charge is 0.301 e. The Kier molecular flexibility index (Phi) is 3.66. The molecule has 1 amide bonds. The van der Waals surface area contributed by atoms with E-state index in [0.29, 0.717) is 11.6 Å². The molecule has 1 aliphatic carbocycles. The van der Waals surface area contributed by atoms with Crippen molar-refractivity contribution in [3.63, 3.8) is 0 Å². The highest BCUT2D eigenvalue weighted by molar-refractivity contribution is 7.14. The molecule has 1 N–H and O–H groups in total. The van der Waals surface area contributed by atoms with Crippen molar-refractivity contribution in [2.45, 2.75) is 26.3 Å². The van der Waals surface area contributed by atoms with E-state index in [1.165, 1.54) is 22.5 Å². The average molecular weight is 317 g/mol. The third-order valence-electron chi connectivity index (χ3n) is 3.90. The molecule has 0 aliphatic heterocycles. The maximum Gasteiger partial charge on any atom is 0.236 e. The number of nitro groups is 1. The molecule has 1 aromatic carbocycles. The van der Waals surface area contributed by atoms with Crippen LogP contribution >= 0.6 is 11.3 Å². The minimum absolute atomic E-state index is 0.314. The van der Waals surface area contributed by atoms with Gasteiger partial charge in [-0.15, -0.1) is 11.3 Å². The number of amides is 1. The standard InChI is InChI=1S/C15H15N3O3S/c1-8-3-4-10(5-9(8)2)12-7-22-15(16-12)17-14(19)11-6-13(11)18(20)21/h3-5,7,11,13H,6H2,1-2H3,(H,16,17,19). The van der Waals surface area contributed by atoms with Gasteiger partial charge in [0, 0.05) is 22.3 Å². The van der Waals surface area contributed by atoms with Gasteiger partial charge in [-0.05, 0) is 31.0 Å². The normalized spacial score (nSPS) is 19.7. The SMILES string of the molecule is Cc1ccc(-c2csc(NC(=O)C3CC3[N+](=O)[O-])n2)cc1C. The Labute approximate surface area is 131 Å². The zero-order chi connectivity index (χ0) is 15.9. The quantitative estimate of drug-likeness (QED) is 0.694. The second-order valence-electron chi connectivity index (χ2n) is 5.52. The summed E-state index contributed by atoms with van der Waals surface area (Å²) in [4.78, 5) is 26.5. The predicted octanol–water partition coefficient (Wildman–Crippen LogP) is 3.03. The smallest absolute Gasteiger partial charge is 0.236 e. The van der Waals surface area contributed by atoms with Gasteiger partial charge in [0.05, 0.1) is 5.69 Å². The van der Waals surface area contributed by atoms with Crippen LogP contribution in [0.5, 0.6) is 0 Å². The monoisotopic (exact) mass is 317 g/mol. The topological polar surface area (TPSA) is 85.1 Å². The number of nitrogens with zero attached hydrogens (tertiary/aromatic N) is 2. The van der Waals surface area contributed by atoms with E-state index in [1.807, 2.05) is 31.4 Å². The number of anilines is 1. The molecule has 1 heterocycles. The first kappa shape index (κ1) is 14.6. The Morgan fingerprint density at radius 2 is 2.18 bits per heavy atom. The highest BCUT2D eigenvalue weighted by Crippen LogP contribution is 2.35. The summed E-state index contributed by atoms with van der Waals surface area (Å²) >= 11 is 1.32. The van der Waals surface area contributed by atoms with Crippen LogP contribution in [0.2, 0.25) is 0 Å². The third kappa shape index (κ3) is 2.85. The van der Waals surface area contributed by atoms with E-state index in [2.05, 4.69) is 16.4 Å². The molecule has 114 valence electrons. The number of aromatic nitrogens is 1.